The topological polar surface area (TPSA) is 221 Å². The first-order chi connectivity index (χ1) is 38.1. The van der Waals surface area contributed by atoms with Gasteiger partial charge in [0.15, 0.2) is 5.13 Å². The van der Waals surface area contributed by atoms with Gasteiger partial charge in [0.05, 0.1) is 51.0 Å². The Balaban J connectivity index is 1.09. The number of fused-ring (bicyclic) bond motifs is 5. The maximum atomic E-state index is 16.8. The van der Waals surface area contributed by atoms with E-state index >= 15 is 19.2 Å². The molecule has 6 atom stereocenters. The summed E-state index contributed by atoms with van der Waals surface area (Å²) >= 11 is 1.21. The third-order valence-corrected chi connectivity index (χ3v) is 15.3. The number of imide groups is 1. The van der Waals surface area contributed by atoms with E-state index in [1.165, 1.54) is 35.6 Å². The summed E-state index contributed by atoms with van der Waals surface area (Å²) in [7, 11) is 0. The molecule has 1 spiro atoms. The fourth-order valence-corrected chi connectivity index (χ4v) is 12.0. The Morgan fingerprint density at radius 1 is 0.808 bits per heavy atom. The summed E-state index contributed by atoms with van der Waals surface area (Å²) in [6, 6.07) is 47.0. The lowest BCUT2D eigenvalue weighted by Crippen LogP contribution is -2.54. The Kier molecular flexibility index (Phi) is 12.9. The zero-order valence-corrected chi connectivity index (χ0v) is 41.9. The third-order valence-electron chi connectivity index (χ3n) is 14.4. The molecular formula is C59H44N8O10S. The number of nitrogens with one attached hydrogen (secondary N) is 1. The summed E-state index contributed by atoms with van der Waals surface area (Å²) < 4.78 is 20.8. The first-order valence-electron chi connectivity index (χ1n) is 24.9. The molecule has 0 aliphatic carbocycles. The van der Waals surface area contributed by atoms with Crippen molar-refractivity contribution in [3.05, 3.63) is 219 Å². The second-order valence-corrected chi connectivity index (χ2v) is 19.8. The number of nitrogens with zero attached hydrogens (tertiary/aromatic N) is 7. The van der Waals surface area contributed by atoms with Crippen LogP contribution in [0.25, 0.3) is 21.3 Å². The number of amides is 3. The highest BCUT2D eigenvalue weighted by molar-refractivity contribution is 7.22. The lowest BCUT2D eigenvalue weighted by molar-refractivity contribution is -0.384. The fourth-order valence-electron chi connectivity index (χ4n) is 11.2. The van der Waals surface area contributed by atoms with E-state index in [2.05, 4.69) is 27.5 Å². The van der Waals surface area contributed by atoms with Crippen LogP contribution in [-0.2, 0) is 42.4 Å². The number of aromatic nitrogens is 4. The van der Waals surface area contributed by atoms with Gasteiger partial charge in [0, 0.05) is 17.7 Å². The van der Waals surface area contributed by atoms with E-state index in [1.807, 2.05) is 114 Å². The van der Waals surface area contributed by atoms with Crippen LogP contribution in [0.3, 0.4) is 0 Å². The highest BCUT2D eigenvalue weighted by Crippen LogP contribution is 2.66. The molecule has 78 heavy (non-hydrogen) atoms. The normalized spacial score (nSPS) is 20.4. The largest absolute Gasteiger partial charge is 0.491 e. The number of morpholine rings is 1. The monoisotopic (exact) mass is 1060 g/mol. The number of thiazole rings is 1. The number of esters is 1. The third kappa shape index (κ3) is 8.63. The first kappa shape index (κ1) is 49.3. The summed E-state index contributed by atoms with van der Waals surface area (Å²) in [5.41, 5.74) is 2.58. The van der Waals surface area contributed by atoms with Crippen LogP contribution in [0, 0.1) is 27.9 Å². The second-order valence-electron chi connectivity index (χ2n) is 18.8. The number of carbonyl (C=O) groups excluding carboxylic acids is 4. The molecule has 19 heteroatoms. The average Bonchev–Trinajstić information content (AvgIpc) is 3.52. The molecule has 0 radical (unpaired) electrons. The first-order valence-corrected chi connectivity index (χ1v) is 25.7. The van der Waals surface area contributed by atoms with Crippen molar-refractivity contribution in [1.82, 2.24) is 24.9 Å². The van der Waals surface area contributed by atoms with E-state index in [4.69, 9.17) is 19.2 Å². The number of hydrogen-bond acceptors (Lipinski definition) is 15. The van der Waals surface area contributed by atoms with E-state index in [1.54, 1.807) is 47.1 Å². The van der Waals surface area contributed by atoms with E-state index in [9.17, 15) is 15.2 Å². The average molecular weight is 1060 g/mol. The summed E-state index contributed by atoms with van der Waals surface area (Å²) in [6.45, 7) is -0.516. The van der Waals surface area contributed by atoms with Gasteiger partial charge in [-0.15, -0.1) is 5.10 Å². The Labute approximate surface area is 448 Å². The number of cyclic esters (lactones) is 1. The minimum Gasteiger partial charge on any atom is -0.491 e. The number of ether oxygens (including phenoxy) is 3. The molecule has 9 aromatic rings. The number of rotatable bonds is 12. The smallest absolute Gasteiger partial charge is 0.421 e. The summed E-state index contributed by atoms with van der Waals surface area (Å²) in [6.07, 6.45) is -2.10. The van der Waals surface area contributed by atoms with Gasteiger partial charge in [-0.25, -0.2) is 19.4 Å². The SMILES string of the molecule is O=C1OC(c2ccccc2)C(c2ccccc2)N2C1C(C(=O)Nc1nc3ccccc3s1)C1(C(=O)N(C(=O)OCc3ccc([N+](=O)[O-])cc3)c3ccc(C#CCn4nnc5ccccc54)cc31)C2c1ccc(OCCO)cc1. The van der Waals surface area contributed by atoms with Gasteiger partial charge >= 0.3 is 12.1 Å². The number of hydrogen-bond donors (Lipinski definition) is 2. The molecule has 5 heterocycles. The molecule has 2 fully saturated rings. The van der Waals surface area contributed by atoms with E-state index in [0.717, 1.165) is 15.1 Å². The number of aliphatic hydroxyl groups excluding tert-OH is 1. The predicted molar refractivity (Wildman–Crippen MR) is 287 cm³/mol. The van der Waals surface area contributed by atoms with Crippen LogP contribution in [0.4, 0.5) is 21.3 Å². The number of benzene rings is 7. The minimum absolute atomic E-state index is 0.00461. The van der Waals surface area contributed by atoms with E-state index in [0.29, 0.717) is 44.6 Å². The number of nitro benzene ring substituents is 1. The Morgan fingerprint density at radius 3 is 2.24 bits per heavy atom. The number of non-ortho nitro benzene ring substituents is 1. The number of anilines is 2. The number of nitro groups is 1. The van der Waals surface area contributed by atoms with Crippen LogP contribution >= 0.6 is 11.3 Å². The zero-order valence-electron chi connectivity index (χ0n) is 41.1. The Hall–Kier alpha value is -9.61. The molecule has 12 rings (SSSR count). The summed E-state index contributed by atoms with van der Waals surface area (Å²) in [4.78, 5) is 82.0. The maximum Gasteiger partial charge on any atom is 0.421 e. The van der Waals surface area contributed by atoms with Gasteiger partial charge in [-0.05, 0) is 94.5 Å². The Bertz CT molecular complexity index is 3830. The van der Waals surface area contributed by atoms with Crippen LogP contribution in [0.5, 0.6) is 5.75 Å². The van der Waals surface area contributed by atoms with Crippen molar-refractivity contribution in [2.75, 3.05) is 23.4 Å². The van der Waals surface area contributed by atoms with Crippen LogP contribution in [-0.4, -0.2) is 78.0 Å². The standard InChI is InChI=1S/C59H44N8O10S/c68-32-33-75-42-28-24-40(25-29-42)53-59(49(54(69)61-57-60-45-18-8-10-20-48(45)78-57)51-55(70)77-52(39-15-5-2-6-16-39)50(66(51)53)38-13-3-1-4-14-38)43-34-36(12-11-31-64-47-19-9-7-17-44(47)62-63-64)23-30-46(43)65(56(59)71)58(72)76-35-37-21-26-41(27-22-37)67(73)74/h1-10,13-30,34,49-53,68H,31-33,35H2,(H,60,61,69). The Morgan fingerprint density at radius 2 is 1.51 bits per heavy atom. The van der Waals surface area contributed by atoms with Crippen LogP contribution < -0.4 is 15.0 Å². The van der Waals surface area contributed by atoms with Gasteiger partial charge in [-0.1, -0.05) is 125 Å². The summed E-state index contributed by atoms with van der Waals surface area (Å²) in [5.74, 6) is 2.72. The van der Waals surface area contributed by atoms with Crippen molar-refractivity contribution in [2.24, 2.45) is 5.92 Å². The highest BCUT2D eigenvalue weighted by Gasteiger charge is 2.76. The second kappa shape index (κ2) is 20.5. The number of para-hydroxylation sites is 2. The summed E-state index contributed by atoms with van der Waals surface area (Å²) in [5, 5.41) is 33.0. The molecule has 2 N–H and O–H groups in total. The molecule has 18 nitrogen and oxygen atoms in total. The molecular weight excluding hydrogens is 1010 g/mol. The molecule has 386 valence electrons. The van der Waals surface area contributed by atoms with E-state index < -0.39 is 64.4 Å². The molecule has 0 bridgehead atoms. The molecule has 3 amide bonds. The molecule has 2 saturated heterocycles. The van der Waals surface area contributed by atoms with Crippen molar-refractivity contribution in [3.63, 3.8) is 0 Å². The molecule has 2 aromatic heterocycles. The van der Waals surface area contributed by atoms with Gasteiger partial charge in [-0.2, -0.15) is 0 Å². The zero-order chi connectivity index (χ0) is 53.5. The molecule has 0 saturated carbocycles. The van der Waals surface area contributed by atoms with Gasteiger partial charge in [-0.3, -0.25) is 29.4 Å². The van der Waals surface area contributed by atoms with Gasteiger partial charge in [0.25, 0.3) is 5.69 Å². The molecule has 3 aliphatic heterocycles. The number of aliphatic hydroxyl groups is 1. The van der Waals surface area contributed by atoms with Crippen molar-refractivity contribution in [2.45, 2.75) is 42.8 Å². The van der Waals surface area contributed by atoms with Crippen molar-refractivity contribution < 1.29 is 43.4 Å². The van der Waals surface area contributed by atoms with E-state index in [-0.39, 0.29) is 48.4 Å². The quantitative estimate of drug-likeness (QED) is 0.0505. The van der Waals surface area contributed by atoms with Gasteiger partial charge in [0.2, 0.25) is 11.8 Å². The highest BCUT2D eigenvalue weighted by atomic mass is 32.1. The fraction of sp³-hybridized carbons (Fsp3) is 0.169. The predicted octanol–water partition coefficient (Wildman–Crippen LogP) is 9.01. The van der Waals surface area contributed by atoms with Crippen LogP contribution in [0.15, 0.2) is 176 Å². The molecule has 7 aromatic carbocycles. The number of carbonyl (C=O) groups is 4. The lowest BCUT2D eigenvalue weighted by atomic mass is 9.65. The molecule has 3 aliphatic rings. The van der Waals surface area contributed by atoms with Gasteiger partial charge < -0.3 is 24.6 Å². The lowest BCUT2D eigenvalue weighted by Gasteiger charge is -2.46. The minimum atomic E-state index is -2.18. The van der Waals surface area contributed by atoms with Crippen LogP contribution in [0.2, 0.25) is 0 Å². The van der Waals surface area contributed by atoms with Crippen molar-refractivity contribution >= 4 is 73.0 Å². The molecule has 6 unspecified atom stereocenters. The van der Waals surface area contributed by atoms with Crippen molar-refractivity contribution in [3.8, 4) is 17.6 Å². The van der Waals surface area contributed by atoms with Crippen LogP contribution in [0.1, 0.15) is 51.6 Å². The van der Waals surface area contributed by atoms with Gasteiger partial charge in [0.1, 0.15) is 48.6 Å². The van der Waals surface area contributed by atoms with Crippen molar-refractivity contribution in [1.29, 1.82) is 0 Å². The maximum absolute atomic E-state index is 16.8.